The summed E-state index contributed by atoms with van der Waals surface area (Å²) in [5.74, 6) is 0.102. The molecule has 1 aliphatic heterocycles. The van der Waals surface area contributed by atoms with Gasteiger partial charge in [-0.1, -0.05) is 19.1 Å². The van der Waals surface area contributed by atoms with Crippen molar-refractivity contribution in [2.24, 2.45) is 0 Å². The van der Waals surface area contributed by atoms with Gasteiger partial charge in [-0.25, -0.2) is 0 Å². The summed E-state index contributed by atoms with van der Waals surface area (Å²) >= 11 is 0. The molecule has 0 saturated carbocycles. The van der Waals surface area contributed by atoms with Crippen LogP contribution in [0.2, 0.25) is 0 Å². The standard InChI is InChI=1S/C19H27NO3/c1-4-17-13-20(10-5-11-23-17)19(22)9-8-18(21)16-7-6-14(2)15(3)12-16/h6-7,12,17H,4-5,8-11,13H2,1-3H3/t17-/m1/s1. The molecule has 126 valence electrons. The highest BCUT2D eigenvalue weighted by molar-refractivity contribution is 5.98. The molecule has 1 saturated heterocycles. The normalized spacial score (nSPS) is 18.6. The molecule has 1 atom stereocenters. The zero-order valence-corrected chi connectivity index (χ0v) is 14.4. The van der Waals surface area contributed by atoms with Gasteiger partial charge in [0.15, 0.2) is 5.78 Å². The molecule has 0 unspecified atom stereocenters. The van der Waals surface area contributed by atoms with Crippen LogP contribution in [0, 0.1) is 13.8 Å². The molecule has 0 aliphatic carbocycles. The van der Waals surface area contributed by atoms with Crippen molar-refractivity contribution < 1.29 is 14.3 Å². The number of hydrogen-bond donors (Lipinski definition) is 0. The van der Waals surface area contributed by atoms with Crippen molar-refractivity contribution in [1.82, 2.24) is 4.90 Å². The molecule has 0 N–H and O–H groups in total. The van der Waals surface area contributed by atoms with Crippen molar-refractivity contribution in [3.05, 3.63) is 34.9 Å². The van der Waals surface area contributed by atoms with Gasteiger partial charge in [-0.3, -0.25) is 9.59 Å². The Balaban J connectivity index is 1.90. The Labute approximate surface area is 138 Å². The minimum absolute atomic E-state index is 0.0413. The summed E-state index contributed by atoms with van der Waals surface area (Å²) in [5.41, 5.74) is 2.98. The van der Waals surface area contributed by atoms with E-state index in [4.69, 9.17) is 4.74 Å². The van der Waals surface area contributed by atoms with Crippen molar-refractivity contribution in [1.29, 1.82) is 0 Å². The van der Waals surface area contributed by atoms with Gasteiger partial charge < -0.3 is 9.64 Å². The first kappa shape index (κ1) is 17.7. The van der Waals surface area contributed by atoms with Crippen molar-refractivity contribution in [3.63, 3.8) is 0 Å². The second-order valence-electron chi connectivity index (χ2n) is 6.32. The lowest BCUT2D eigenvalue weighted by Crippen LogP contribution is -2.36. The molecule has 1 amide bonds. The van der Waals surface area contributed by atoms with Crippen LogP contribution < -0.4 is 0 Å². The van der Waals surface area contributed by atoms with Gasteiger partial charge in [0.2, 0.25) is 5.91 Å². The van der Waals surface area contributed by atoms with Gasteiger partial charge in [-0.2, -0.15) is 0 Å². The number of Topliss-reactive ketones (excluding diaryl/α,β-unsaturated/α-hetero) is 1. The van der Waals surface area contributed by atoms with Crippen LogP contribution in [0.5, 0.6) is 0 Å². The average Bonchev–Trinajstić information content (AvgIpc) is 2.80. The van der Waals surface area contributed by atoms with Crippen LogP contribution in [0.3, 0.4) is 0 Å². The topological polar surface area (TPSA) is 46.6 Å². The van der Waals surface area contributed by atoms with E-state index >= 15 is 0 Å². The Morgan fingerprint density at radius 2 is 2.00 bits per heavy atom. The Morgan fingerprint density at radius 3 is 2.70 bits per heavy atom. The van der Waals surface area contributed by atoms with Gasteiger partial charge in [0.25, 0.3) is 0 Å². The fraction of sp³-hybridized carbons (Fsp3) is 0.579. The number of ketones is 1. The van der Waals surface area contributed by atoms with Crippen molar-refractivity contribution in [2.45, 2.75) is 52.6 Å². The molecule has 0 aromatic heterocycles. The number of ether oxygens (including phenoxy) is 1. The third kappa shape index (κ3) is 4.90. The molecule has 1 aromatic carbocycles. The lowest BCUT2D eigenvalue weighted by atomic mass is 10.0. The van der Waals surface area contributed by atoms with Crippen LogP contribution in [0.15, 0.2) is 18.2 Å². The number of aryl methyl sites for hydroxylation is 2. The second kappa shape index (κ2) is 8.25. The fourth-order valence-electron chi connectivity index (χ4n) is 2.81. The van der Waals surface area contributed by atoms with E-state index in [0.29, 0.717) is 18.7 Å². The molecule has 0 radical (unpaired) electrons. The number of hydrogen-bond acceptors (Lipinski definition) is 3. The smallest absolute Gasteiger partial charge is 0.223 e. The van der Waals surface area contributed by atoms with E-state index < -0.39 is 0 Å². The summed E-state index contributed by atoms with van der Waals surface area (Å²) < 4.78 is 5.69. The third-order valence-corrected chi connectivity index (χ3v) is 4.55. The van der Waals surface area contributed by atoms with E-state index in [2.05, 4.69) is 6.92 Å². The average molecular weight is 317 g/mol. The van der Waals surface area contributed by atoms with E-state index in [1.54, 1.807) is 0 Å². The van der Waals surface area contributed by atoms with Crippen LogP contribution in [-0.2, 0) is 9.53 Å². The molecule has 0 spiro atoms. The van der Waals surface area contributed by atoms with Crippen molar-refractivity contribution in [2.75, 3.05) is 19.7 Å². The summed E-state index contributed by atoms with van der Waals surface area (Å²) in [4.78, 5) is 26.5. The number of rotatable bonds is 5. The SMILES string of the molecule is CC[C@@H]1CN(C(=O)CCC(=O)c2ccc(C)c(C)c2)CCCO1. The Kier molecular flexibility index (Phi) is 6.34. The van der Waals surface area contributed by atoms with Gasteiger partial charge in [-0.05, 0) is 43.9 Å². The van der Waals surface area contributed by atoms with Crippen LogP contribution >= 0.6 is 0 Å². The zero-order chi connectivity index (χ0) is 16.8. The first-order chi connectivity index (χ1) is 11.0. The van der Waals surface area contributed by atoms with E-state index in [1.807, 2.05) is 36.9 Å². The lowest BCUT2D eigenvalue weighted by Gasteiger charge is -2.23. The maximum atomic E-state index is 12.4. The largest absolute Gasteiger partial charge is 0.376 e. The number of carbonyl (C=O) groups excluding carboxylic acids is 2. The van der Waals surface area contributed by atoms with E-state index in [1.165, 1.54) is 5.56 Å². The van der Waals surface area contributed by atoms with Gasteiger partial charge in [-0.15, -0.1) is 0 Å². The molecule has 4 nitrogen and oxygen atoms in total. The van der Waals surface area contributed by atoms with E-state index in [0.717, 1.165) is 24.9 Å². The van der Waals surface area contributed by atoms with Gasteiger partial charge in [0.05, 0.1) is 6.10 Å². The van der Waals surface area contributed by atoms with Gasteiger partial charge in [0, 0.05) is 38.1 Å². The minimum Gasteiger partial charge on any atom is -0.376 e. The summed E-state index contributed by atoms with van der Waals surface area (Å²) in [6, 6.07) is 5.72. The molecule has 4 heteroatoms. The number of nitrogens with zero attached hydrogens (tertiary/aromatic N) is 1. The second-order valence-corrected chi connectivity index (χ2v) is 6.32. The quantitative estimate of drug-likeness (QED) is 0.783. The highest BCUT2D eigenvalue weighted by Gasteiger charge is 2.22. The highest BCUT2D eigenvalue weighted by atomic mass is 16.5. The molecule has 1 fully saturated rings. The fourth-order valence-corrected chi connectivity index (χ4v) is 2.81. The lowest BCUT2D eigenvalue weighted by molar-refractivity contribution is -0.132. The van der Waals surface area contributed by atoms with Crippen molar-refractivity contribution >= 4 is 11.7 Å². The molecule has 1 heterocycles. The monoisotopic (exact) mass is 317 g/mol. The first-order valence-corrected chi connectivity index (χ1v) is 8.51. The summed E-state index contributed by atoms with van der Waals surface area (Å²) in [5, 5.41) is 0. The van der Waals surface area contributed by atoms with Crippen LogP contribution in [0.25, 0.3) is 0 Å². The number of amides is 1. The van der Waals surface area contributed by atoms with E-state index in [-0.39, 0.29) is 30.6 Å². The molecule has 2 rings (SSSR count). The third-order valence-electron chi connectivity index (χ3n) is 4.55. The predicted molar refractivity (Wildman–Crippen MR) is 90.7 cm³/mol. The number of benzene rings is 1. The highest BCUT2D eigenvalue weighted by Crippen LogP contribution is 2.14. The molecular formula is C19H27NO3. The number of carbonyl (C=O) groups is 2. The Morgan fingerprint density at radius 1 is 1.22 bits per heavy atom. The summed E-state index contributed by atoms with van der Waals surface area (Å²) in [6.45, 7) is 8.18. The maximum absolute atomic E-state index is 12.4. The molecule has 23 heavy (non-hydrogen) atoms. The first-order valence-electron chi connectivity index (χ1n) is 8.51. The van der Waals surface area contributed by atoms with Crippen LogP contribution in [0.4, 0.5) is 0 Å². The van der Waals surface area contributed by atoms with Gasteiger partial charge >= 0.3 is 0 Å². The summed E-state index contributed by atoms with van der Waals surface area (Å²) in [6.07, 6.45) is 2.45. The molecule has 1 aromatic rings. The Bertz CT molecular complexity index is 568. The van der Waals surface area contributed by atoms with Crippen molar-refractivity contribution in [3.8, 4) is 0 Å². The predicted octanol–water partition coefficient (Wildman–Crippen LogP) is 3.29. The molecule has 1 aliphatic rings. The minimum atomic E-state index is 0.0413. The van der Waals surface area contributed by atoms with E-state index in [9.17, 15) is 9.59 Å². The molecular weight excluding hydrogens is 290 g/mol. The summed E-state index contributed by atoms with van der Waals surface area (Å²) in [7, 11) is 0. The van der Waals surface area contributed by atoms with Crippen LogP contribution in [0.1, 0.15) is 54.1 Å². The van der Waals surface area contributed by atoms with Crippen LogP contribution in [-0.4, -0.2) is 42.4 Å². The molecule has 0 bridgehead atoms. The zero-order valence-electron chi connectivity index (χ0n) is 14.4. The maximum Gasteiger partial charge on any atom is 0.223 e. The van der Waals surface area contributed by atoms with Gasteiger partial charge in [0.1, 0.15) is 0 Å². The Hall–Kier alpha value is -1.68.